The topological polar surface area (TPSA) is 40.5 Å². The summed E-state index contributed by atoms with van der Waals surface area (Å²) in [6.45, 7) is 0.174. The Morgan fingerprint density at radius 3 is 2.93 bits per heavy atom. The van der Waals surface area contributed by atoms with Crippen molar-refractivity contribution in [1.82, 2.24) is 0 Å². The van der Waals surface area contributed by atoms with Crippen LogP contribution in [-0.4, -0.2) is 24.7 Å². The van der Waals surface area contributed by atoms with Crippen LogP contribution in [0.5, 0.6) is 0 Å². The molecule has 1 aromatic carbocycles. The molecule has 1 aliphatic heterocycles. The second-order valence-corrected chi connectivity index (χ2v) is 3.89. The van der Waals surface area contributed by atoms with Crippen LogP contribution in [0.1, 0.15) is 17.5 Å². The van der Waals surface area contributed by atoms with Gasteiger partial charge in [-0.1, -0.05) is 12.1 Å². The van der Waals surface area contributed by atoms with E-state index >= 15 is 0 Å². The minimum atomic E-state index is 0.174. The molecule has 3 heteroatoms. The van der Waals surface area contributed by atoms with Crippen LogP contribution in [0.25, 0.3) is 0 Å². The Hall–Kier alpha value is -1.35. The van der Waals surface area contributed by atoms with Crippen LogP contribution in [0, 0.1) is 0 Å². The number of carbonyl (C=O) groups is 1. The molecule has 0 atom stereocenters. The molecular weight excluding hydrogens is 190 g/mol. The van der Waals surface area contributed by atoms with Crippen molar-refractivity contribution in [1.29, 1.82) is 0 Å². The van der Waals surface area contributed by atoms with E-state index in [4.69, 9.17) is 5.11 Å². The van der Waals surface area contributed by atoms with Gasteiger partial charge in [-0.05, 0) is 30.0 Å². The number of aliphatic hydroxyl groups is 1. The summed E-state index contributed by atoms with van der Waals surface area (Å²) in [5.41, 5.74) is 3.36. The van der Waals surface area contributed by atoms with Gasteiger partial charge in [0.15, 0.2) is 0 Å². The third-order valence-electron chi connectivity index (χ3n) is 2.89. The Morgan fingerprint density at radius 1 is 1.40 bits per heavy atom. The molecule has 0 unspecified atom stereocenters. The molecule has 0 spiro atoms. The number of hydrogen-bond donors (Lipinski definition) is 1. The number of rotatable bonds is 2. The monoisotopic (exact) mass is 205 g/mol. The lowest BCUT2D eigenvalue weighted by Crippen LogP contribution is -2.31. The first-order valence-corrected chi connectivity index (χ1v) is 5.21. The predicted molar refractivity (Wildman–Crippen MR) is 59.0 cm³/mol. The number of nitrogens with zero attached hydrogens (tertiary/aromatic N) is 1. The zero-order chi connectivity index (χ0) is 10.8. The Labute approximate surface area is 89.3 Å². The van der Waals surface area contributed by atoms with Gasteiger partial charge in [-0.15, -0.1) is 0 Å². The Morgan fingerprint density at radius 2 is 2.20 bits per heavy atom. The number of aryl methyl sites for hydroxylation is 1. The Balaban J connectivity index is 2.34. The van der Waals surface area contributed by atoms with Crippen molar-refractivity contribution < 1.29 is 9.90 Å². The quantitative estimate of drug-likeness (QED) is 0.786. The van der Waals surface area contributed by atoms with E-state index in [0.29, 0.717) is 12.8 Å². The van der Waals surface area contributed by atoms with Gasteiger partial charge >= 0.3 is 0 Å². The van der Waals surface area contributed by atoms with E-state index in [9.17, 15) is 4.79 Å². The molecule has 80 valence electrons. The van der Waals surface area contributed by atoms with Gasteiger partial charge in [0.05, 0.1) is 0 Å². The summed E-state index contributed by atoms with van der Waals surface area (Å²) in [6, 6.07) is 6.04. The Kier molecular flexibility index (Phi) is 2.73. The second kappa shape index (κ2) is 4.03. The zero-order valence-electron chi connectivity index (χ0n) is 8.86. The summed E-state index contributed by atoms with van der Waals surface area (Å²) < 4.78 is 0. The van der Waals surface area contributed by atoms with Crippen LogP contribution >= 0.6 is 0 Å². The van der Waals surface area contributed by atoms with E-state index in [1.165, 1.54) is 5.56 Å². The van der Waals surface area contributed by atoms with Crippen molar-refractivity contribution in [3.8, 4) is 0 Å². The van der Waals surface area contributed by atoms with Gasteiger partial charge < -0.3 is 10.0 Å². The van der Waals surface area contributed by atoms with E-state index in [2.05, 4.69) is 6.07 Å². The van der Waals surface area contributed by atoms with Crippen molar-refractivity contribution in [3.05, 3.63) is 29.3 Å². The summed E-state index contributed by atoms with van der Waals surface area (Å²) >= 11 is 0. The number of fused-ring (bicyclic) bond motifs is 1. The molecule has 0 radical (unpaired) electrons. The van der Waals surface area contributed by atoms with E-state index in [-0.39, 0.29) is 12.5 Å². The van der Waals surface area contributed by atoms with Crippen LogP contribution in [0.2, 0.25) is 0 Å². The lowest BCUT2D eigenvalue weighted by atomic mass is 9.98. The summed E-state index contributed by atoms with van der Waals surface area (Å²) in [6.07, 6.45) is 2.09. The van der Waals surface area contributed by atoms with Crippen molar-refractivity contribution >= 4 is 11.6 Å². The number of anilines is 1. The molecule has 1 aromatic rings. The minimum absolute atomic E-state index is 0.174. The fraction of sp³-hybridized carbons (Fsp3) is 0.417. The molecule has 0 bridgehead atoms. The van der Waals surface area contributed by atoms with Crippen molar-refractivity contribution in [2.45, 2.75) is 19.3 Å². The summed E-state index contributed by atoms with van der Waals surface area (Å²) in [7, 11) is 1.81. The van der Waals surface area contributed by atoms with Crippen LogP contribution in [-0.2, 0) is 17.6 Å². The van der Waals surface area contributed by atoms with E-state index in [1.54, 1.807) is 4.90 Å². The lowest BCUT2D eigenvalue weighted by Gasteiger charge is -2.26. The smallest absolute Gasteiger partial charge is 0.227 e. The zero-order valence-corrected chi connectivity index (χ0v) is 8.86. The molecule has 0 fully saturated rings. The number of aliphatic hydroxyl groups excluding tert-OH is 1. The summed E-state index contributed by atoms with van der Waals surface area (Å²) in [5, 5.41) is 8.85. The molecular formula is C12H15NO2. The van der Waals surface area contributed by atoms with E-state index in [1.807, 2.05) is 19.2 Å². The van der Waals surface area contributed by atoms with Gasteiger partial charge in [0.25, 0.3) is 0 Å². The highest BCUT2D eigenvalue weighted by Gasteiger charge is 2.20. The van der Waals surface area contributed by atoms with Crippen LogP contribution in [0.3, 0.4) is 0 Å². The maximum atomic E-state index is 11.5. The number of hydrogen-bond acceptors (Lipinski definition) is 2. The highest BCUT2D eigenvalue weighted by molar-refractivity contribution is 5.95. The molecule has 1 N–H and O–H groups in total. The average molecular weight is 205 g/mol. The third kappa shape index (κ3) is 1.88. The second-order valence-electron chi connectivity index (χ2n) is 3.89. The number of benzene rings is 1. The predicted octanol–water partition coefficient (Wildman–Crippen LogP) is 1.13. The van der Waals surface area contributed by atoms with Gasteiger partial charge in [-0.3, -0.25) is 4.79 Å². The van der Waals surface area contributed by atoms with Crippen molar-refractivity contribution in [3.63, 3.8) is 0 Å². The largest absolute Gasteiger partial charge is 0.396 e. The first-order chi connectivity index (χ1) is 7.22. The molecule has 1 heterocycles. The maximum Gasteiger partial charge on any atom is 0.227 e. The maximum absolute atomic E-state index is 11.5. The molecule has 1 amide bonds. The normalized spacial score (nSPS) is 15.3. The molecule has 1 aliphatic rings. The van der Waals surface area contributed by atoms with Crippen molar-refractivity contribution in [2.24, 2.45) is 0 Å². The first-order valence-electron chi connectivity index (χ1n) is 5.21. The molecule has 0 saturated heterocycles. The summed E-state index contributed by atoms with van der Waals surface area (Å²) in [5.74, 6) is 0.178. The highest BCUT2D eigenvalue weighted by Crippen LogP contribution is 2.27. The van der Waals surface area contributed by atoms with Gasteiger partial charge in [0, 0.05) is 25.8 Å². The van der Waals surface area contributed by atoms with Crippen LogP contribution in [0.4, 0.5) is 5.69 Å². The first kappa shape index (κ1) is 10.2. The SMILES string of the molecule is CN1C(=O)CCc2cc(CCO)ccc21. The third-order valence-corrected chi connectivity index (χ3v) is 2.89. The molecule has 0 aromatic heterocycles. The number of amides is 1. The van der Waals surface area contributed by atoms with Crippen LogP contribution < -0.4 is 4.90 Å². The minimum Gasteiger partial charge on any atom is -0.396 e. The Bertz CT molecular complexity index is 387. The molecule has 0 aliphatic carbocycles. The highest BCUT2D eigenvalue weighted by atomic mass is 16.2. The van der Waals surface area contributed by atoms with Gasteiger partial charge in [-0.25, -0.2) is 0 Å². The van der Waals surface area contributed by atoms with E-state index in [0.717, 1.165) is 17.7 Å². The summed E-state index contributed by atoms with van der Waals surface area (Å²) in [4.78, 5) is 13.2. The van der Waals surface area contributed by atoms with Gasteiger partial charge in [0.2, 0.25) is 5.91 Å². The van der Waals surface area contributed by atoms with E-state index < -0.39 is 0 Å². The van der Waals surface area contributed by atoms with Gasteiger partial charge in [-0.2, -0.15) is 0 Å². The molecule has 0 saturated carbocycles. The van der Waals surface area contributed by atoms with Crippen LogP contribution in [0.15, 0.2) is 18.2 Å². The average Bonchev–Trinajstić information content (AvgIpc) is 2.24. The lowest BCUT2D eigenvalue weighted by molar-refractivity contribution is -0.118. The fourth-order valence-corrected chi connectivity index (χ4v) is 1.99. The molecule has 15 heavy (non-hydrogen) atoms. The van der Waals surface area contributed by atoms with Crippen molar-refractivity contribution in [2.75, 3.05) is 18.6 Å². The fourth-order valence-electron chi connectivity index (χ4n) is 1.99. The number of carbonyl (C=O) groups excluding carboxylic acids is 1. The molecule has 3 nitrogen and oxygen atoms in total. The molecule has 2 rings (SSSR count). The van der Waals surface area contributed by atoms with Gasteiger partial charge in [0.1, 0.15) is 0 Å². The standard InChI is InChI=1S/C12H15NO2/c1-13-11-4-2-9(6-7-14)8-10(11)3-5-12(13)15/h2,4,8,14H,3,5-7H2,1H3.